The monoisotopic (exact) mass is 269 g/mol. The third-order valence-electron chi connectivity index (χ3n) is 3.06. The van der Waals surface area contributed by atoms with Crippen LogP contribution < -0.4 is 5.32 Å². The van der Waals surface area contributed by atoms with Crippen molar-refractivity contribution in [1.82, 2.24) is 5.32 Å². The highest BCUT2D eigenvalue weighted by Gasteiger charge is 2.19. The lowest BCUT2D eigenvalue weighted by Gasteiger charge is -2.26. The SMILES string of the molecule is CS(=O)(=O)CCCNC1COCc2ccccc21. The van der Waals surface area contributed by atoms with Crippen molar-refractivity contribution in [1.29, 1.82) is 0 Å². The lowest BCUT2D eigenvalue weighted by atomic mass is 9.99. The van der Waals surface area contributed by atoms with Gasteiger partial charge in [0, 0.05) is 6.26 Å². The highest BCUT2D eigenvalue weighted by atomic mass is 32.2. The minimum absolute atomic E-state index is 0.175. The van der Waals surface area contributed by atoms with Gasteiger partial charge in [-0.1, -0.05) is 24.3 Å². The summed E-state index contributed by atoms with van der Waals surface area (Å²) in [5.74, 6) is 0.231. The first-order chi connectivity index (χ1) is 8.56. The first-order valence-electron chi connectivity index (χ1n) is 6.13. The highest BCUT2D eigenvalue weighted by Crippen LogP contribution is 2.24. The molecule has 0 fully saturated rings. The Morgan fingerprint density at radius 2 is 2.17 bits per heavy atom. The summed E-state index contributed by atoms with van der Waals surface area (Å²) in [6, 6.07) is 8.38. The van der Waals surface area contributed by atoms with Gasteiger partial charge in [-0.3, -0.25) is 0 Å². The average Bonchev–Trinajstić information content (AvgIpc) is 2.33. The molecule has 0 aromatic heterocycles. The number of ether oxygens (including phenoxy) is 1. The first kappa shape index (κ1) is 13.5. The maximum Gasteiger partial charge on any atom is 0.147 e. The van der Waals surface area contributed by atoms with Crippen LogP contribution in [0.2, 0.25) is 0 Å². The Balaban J connectivity index is 1.88. The van der Waals surface area contributed by atoms with Crippen LogP contribution in [-0.4, -0.2) is 33.6 Å². The number of hydrogen-bond acceptors (Lipinski definition) is 4. The second-order valence-corrected chi connectivity index (χ2v) is 6.96. The summed E-state index contributed by atoms with van der Waals surface area (Å²) in [4.78, 5) is 0. The molecule has 0 radical (unpaired) electrons. The maximum atomic E-state index is 11.0. The Kier molecular flexibility index (Phi) is 4.37. The van der Waals surface area contributed by atoms with Crippen molar-refractivity contribution in [3.05, 3.63) is 35.4 Å². The first-order valence-corrected chi connectivity index (χ1v) is 8.19. The number of hydrogen-bond donors (Lipinski definition) is 1. The van der Waals surface area contributed by atoms with Gasteiger partial charge in [-0.05, 0) is 24.1 Å². The standard InChI is InChI=1S/C13H19NO3S/c1-18(15,16)8-4-7-14-13-10-17-9-11-5-2-3-6-12(11)13/h2-3,5-6,13-14H,4,7-10H2,1H3. The van der Waals surface area contributed by atoms with E-state index in [-0.39, 0.29) is 11.8 Å². The smallest absolute Gasteiger partial charge is 0.147 e. The topological polar surface area (TPSA) is 55.4 Å². The summed E-state index contributed by atoms with van der Waals surface area (Å²) in [5.41, 5.74) is 2.48. The number of nitrogens with one attached hydrogen (secondary N) is 1. The van der Waals surface area contributed by atoms with Gasteiger partial charge in [0.1, 0.15) is 9.84 Å². The van der Waals surface area contributed by atoms with Gasteiger partial charge in [-0.15, -0.1) is 0 Å². The largest absolute Gasteiger partial charge is 0.375 e. The molecule has 0 saturated heterocycles. The molecule has 5 heteroatoms. The van der Waals surface area contributed by atoms with Gasteiger partial charge in [-0.25, -0.2) is 8.42 Å². The van der Waals surface area contributed by atoms with E-state index in [0.717, 1.165) is 0 Å². The molecule has 0 aliphatic carbocycles. The van der Waals surface area contributed by atoms with Crippen LogP contribution in [0.5, 0.6) is 0 Å². The normalized spacial score (nSPS) is 19.5. The fraction of sp³-hybridized carbons (Fsp3) is 0.538. The van der Waals surface area contributed by atoms with Crippen LogP contribution in [0.4, 0.5) is 0 Å². The molecule has 100 valence electrons. The minimum atomic E-state index is -2.86. The molecule has 1 aliphatic rings. The van der Waals surface area contributed by atoms with Crippen LogP contribution in [-0.2, 0) is 21.2 Å². The molecule has 1 atom stereocenters. The number of rotatable bonds is 5. The van der Waals surface area contributed by atoms with Gasteiger partial charge in [-0.2, -0.15) is 0 Å². The van der Waals surface area contributed by atoms with E-state index in [1.807, 2.05) is 12.1 Å². The summed E-state index contributed by atoms with van der Waals surface area (Å²) in [6.07, 6.45) is 1.91. The maximum absolute atomic E-state index is 11.0. The van der Waals surface area contributed by atoms with E-state index in [4.69, 9.17) is 4.74 Å². The van der Waals surface area contributed by atoms with E-state index in [1.54, 1.807) is 0 Å². The van der Waals surface area contributed by atoms with Gasteiger partial charge < -0.3 is 10.1 Å². The van der Waals surface area contributed by atoms with Crippen molar-refractivity contribution < 1.29 is 13.2 Å². The molecule has 1 aliphatic heterocycles. The van der Waals surface area contributed by atoms with E-state index in [0.29, 0.717) is 26.2 Å². The summed E-state index contributed by atoms with van der Waals surface area (Å²) in [5, 5.41) is 3.36. The molecule has 0 saturated carbocycles. The fourth-order valence-electron chi connectivity index (χ4n) is 2.16. The van der Waals surface area contributed by atoms with Gasteiger partial charge in [0.05, 0.1) is 25.0 Å². The van der Waals surface area contributed by atoms with Gasteiger partial charge in [0.15, 0.2) is 0 Å². The lowest BCUT2D eigenvalue weighted by Crippen LogP contribution is -2.31. The van der Waals surface area contributed by atoms with Crippen LogP contribution in [0.25, 0.3) is 0 Å². The third-order valence-corrected chi connectivity index (χ3v) is 4.09. The fourth-order valence-corrected chi connectivity index (χ4v) is 2.83. The molecule has 1 heterocycles. The lowest BCUT2D eigenvalue weighted by molar-refractivity contribution is 0.0823. The zero-order valence-electron chi connectivity index (χ0n) is 10.6. The molecule has 18 heavy (non-hydrogen) atoms. The van der Waals surface area contributed by atoms with Gasteiger partial charge in [0.25, 0.3) is 0 Å². The van der Waals surface area contributed by atoms with E-state index in [2.05, 4.69) is 17.4 Å². The van der Waals surface area contributed by atoms with E-state index in [9.17, 15) is 8.42 Å². The minimum Gasteiger partial charge on any atom is -0.375 e. The summed E-state index contributed by atoms with van der Waals surface area (Å²) in [7, 11) is -2.86. The van der Waals surface area contributed by atoms with Gasteiger partial charge >= 0.3 is 0 Å². The molecule has 0 spiro atoms. The van der Waals surface area contributed by atoms with Crippen molar-refractivity contribution in [3.63, 3.8) is 0 Å². The quantitative estimate of drug-likeness (QED) is 0.818. The average molecular weight is 269 g/mol. The van der Waals surface area contributed by atoms with Crippen LogP contribution >= 0.6 is 0 Å². The molecule has 0 bridgehead atoms. The molecule has 1 aromatic rings. The van der Waals surface area contributed by atoms with Crippen LogP contribution in [0.1, 0.15) is 23.6 Å². The molecule has 1 aromatic carbocycles. The zero-order valence-corrected chi connectivity index (χ0v) is 11.4. The Morgan fingerprint density at radius 1 is 1.39 bits per heavy atom. The summed E-state index contributed by atoms with van der Waals surface area (Å²) in [6.45, 7) is 2.00. The Bertz CT molecular complexity index is 499. The number of benzene rings is 1. The van der Waals surface area contributed by atoms with Crippen molar-refractivity contribution >= 4 is 9.84 Å². The van der Waals surface area contributed by atoms with Crippen molar-refractivity contribution in [3.8, 4) is 0 Å². The number of sulfone groups is 1. The van der Waals surface area contributed by atoms with Crippen LogP contribution in [0, 0.1) is 0 Å². The molecule has 2 rings (SSSR count). The molecule has 0 amide bonds. The van der Waals surface area contributed by atoms with E-state index in [1.165, 1.54) is 17.4 Å². The molecule has 1 N–H and O–H groups in total. The van der Waals surface area contributed by atoms with Crippen molar-refractivity contribution in [2.45, 2.75) is 19.1 Å². The highest BCUT2D eigenvalue weighted by molar-refractivity contribution is 7.90. The van der Waals surface area contributed by atoms with Crippen molar-refractivity contribution in [2.24, 2.45) is 0 Å². The molecule has 1 unspecified atom stereocenters. The summed E-state index contributed by atoms with van der Waals surface area (Å²) >= 11 is 0. The Labute approximate surface area is 108 Å². The number of fused-ring (bicyclic) bond motifs is 1. The van der Waals surface area contributed by atoms with Crippen molar-refractivity contribution in [2.75, 3.05) is 25.2 Å². The molecular formula is C13H19NO3S. The predicted octanol–water partition coefficient (Wildman–Crippen LogP) is 1.28. The molecular weight excluding hydrogens is 250 g/mol. The molecule has 4 nitrogen and oxygen atoms in total. The van der Waals surface area contributed by atoms with Crippen LogP contribution in [0.15, 0.2) is 24.3 Å². The third kappa shape index (κ3) is 3.80. The van der Waals surface area contributed by atoms with Crippen LogP contribution in [0.3, 0.4) is 0 Å². The Morgan fingerprint density at radius 3 is 2.94 bits per heavy atom. The van der Waals surface area contributed by atoms with E-state index >= 15 is 0 Å². The van der Waals surface area contributed by atoms with Gasteiger partial charge in [0.2, 0.25) is 0 Å². The predicted molar refractivity (Wildman–Crippen MR) is 71.2 cm³/mol. The Hall–Kier alpha value is -0.910. The summed E-state index contributed by atoms with van der Waals surface area (Å²) < 4.78 is 27.6. The van der Waals surface area contributed by atoms with E-state index < -0.39 is 9.84 Å². The second-order valence-electron chi connectivity index (χ2n) is 4.70. The zero-order chi connectivity index (χ0) is 13.0. The second kappa shape index (κ2) is 5.82.